The number of ether oxygens (including phenoxy) is 1. The first kappa shape index (κ1) is 28.3. The van der Waals surface area contributed by atoms with E-state index in [1.54, 1.807) is 35.8 Å². The Hall–Kier alpha value is -3.27. The van der Waals surface area contributed by atoms with E-state index in [9.17, 15) is 31.2 Å². The fourth-order valence-corrected chi connectivity index (χ4v) is 7.84. The van der Waals surface area contributed by atoms with E-state index in [4.69, 9.17) is 0 Å². The number of carbonyl (C=O) groups excluding carboxylic acids is 2. The predicted molar refractivity (Wildman–Crippen MR) is 144 cm³/mol. The monoisotopic (exact) mass is 612 g/mol. The summed E-state index contributed by atoms with van der Waals surface area (Å²) in [4.78, 5) is 33.7. The topological polar surface area (TPSA) is 113 Å². The van der Waals surface area contributed by atoms with E-state index in [0.717, 1.165) is 21.6 Å². The van der Waals surface area contributed by atoms with Crippen molar-refractivity contribution in [3.05, 3.63) is 52.9 Å². The number of sulfonamides is 1. The largest absolute Gasteiger partial charge is 0.491 e. The van der Waals surface area contributed by atoms with Gasteiger partial charge in [-0.05, 0) is 43.0 Å². The summed E-state index contributed by atoms with van der Waals surface area (Å²) in [5, 5.41) is 3.19. The van der Waals surface area contributed by atoms with Gasteiger partial charge in [0.25, 0.3) is 10.0 Å². The molecular weight excluding hydrogens is 589 g/mol. The molecule has 1 atom stereocenters. The van der Waals surface area contributed by atoms with E-state index in [1.165, 1.54) is 22.7 Å². The Labute approximate surface area is 235 Å². The molecule has 3 aromatic heterocycles. The second kappa shape index (κ2) is 11.0. The number of thiophene rings is 1. The lowest BCUT2D eigenvalue weighted by Gasteiger charge is -2.30. The lowest BCUT2D eigenvalue weighted by molar-refractivity contribution is -0.203. The van der Waals surface area contributed by atoms with Gasteiger partial charge in [-0.1, -0.05) is 18.2 Å². The molecule has 1 fully saturated rings. The summed E-state index contributed by atoms with van der Waals surface area (Å²) >= 11 is 2.55. The normalized spacial score (nSPS) is 16.8. The van der Waals surface area contributed by atoms with Crippen LogP contribution in [0.25, 0.3) is 21.6 Å². The van der Waals surface area contributed by atoms with Gasteiger partial charge in [0, 0.05) is 36.6 Å². The number of carbonyl (C=O) groups is 2. The predicted octanol–water partition coefficient (Wildman–Crippen LogP) is 5.02. The molecule has 0 radical (unpaired) electrons. The van der Waals surface area contributed by atoms with E-state index in [2.05, 4.69) is 14.7 Å². The van der Waals surface area contributed by atoms with Crippen LogP contribution in [0.3, 0.4) is 0 Å². The minimum absolute atomic E-state index is 0.165. The molecule has 4 heterocycles. The smallest absolute Gasteiger partial charge is 0.386 e. The van der Waals surface area contributed by atoms with Crippen LogP contribution in [0.5, 0.6) is 0 Å². The van der Waals surface area contributed by atoms with Crippen molar-refractivity contribution in [3.8, 4) is 10.7 Å². The number of nitrogens with one attached hydrogen (secondary N) is 1. The van der Waals surface area contributed by atoms with E-state index in [1.807, 2.05) is 17.0 Å². The molecule has 1 saturated heterocycles. The number of aromatic amines is 1. The number of alkyl halides is 3. The third-order valence-electron chi connectivity index (χ3n) is 6.51. The SMILES string of the molecule is CN(c1cccc2cc(-c3ncc(CN4CCCC(C(=O)OC(=O)C(F)(F)F)C4)s3)[nH]c12)S(=O)(=O)c1cccs1. The van der Waals surface area contributed by atoms with Crippen LogP contribution in [0.1, 0.15) is 17.7 Å². The summed E-state index contributed by atoms with van der Waals surface area (Å²) in [6, 6.07) is 10.5. The fraction of sp³-hybridized carbons (Fsp3) is 0.320. The molecule has 0 amide bonds. The third-order valence-corrected chi connectivity index (χ3v) is 10.7. The Kier molecular flexibility index (Phi) is 7.74. The Bertz CT molecular complexity index is 1650. The van der Waals surface area contributed by atoms with E-state index < -0.39 is 34.1 Å². The Morgan fingerprint density at radius 3 is 2.77 bits per heavy atom. The minimum Gasteiger partial charge on any atom is -0.386 e. The molecule has 1 aliphatic heterocycles. The number of hydrogen-bond acceptors (Lipinski definition) is 9. The molecular formula is C25H23F3N4O5S3. The highest BCUT2D eigenvalue weighted by molar-refractivity contribution is 7.94. The van der Waals surface area contributed by atoms with Crippen LogP contribution >= 0.6 is 22.7 Å². The van der Waals surface area contributed by atoms with Crippen molar-refractivity contribution < 1.29 is 35.9 Å². The fourth-order valence-electron chi connectivity index (χ4n) is 4.54. The molecule has 4 aromatic rings. The number of rotatable bonds is 7. The van der Waals surface area contributed by atoms with Crippen molar-refractivity contribution in [2.75, 3.05) is 24.4 Å². The van der Waals surface area contributed by atoms with Gasteiger partial charge >= 0.3 is 18.1 Å². The number of anilines is 1. The highest BCUT2D eigenvalue weighted by Crippen LogP contribution is 2.35. The lowest BCUT2D eigenvalue weighted by atomic mass is 9.98. The molecule has 1 unspecified atom stereocenters. The summed E-state index contributed by atoms with van der Waals surface area (Å²) in [6.45, 7) is 1.21. The van der Waals surface area contributed by atoms with Crippen LogP contribution in [-0.4, -0.2) is 61.5 Å². The molecule has 0 spiro atoms. The van der Waals surface area contributed by atoms with Crippen molar-refractivity contribution in [1.29, 1.82) is 0 Å². The molecule has 5 rings (SSSR count). The van der Waals surface area contributed by atoms with Gasteiger partial charge in [0.2, 0.25) is 0 Å². The number of esters is 2. The van der Waals surface area contributed by atoms with Crippen molar-refractivity contribution in [2.24, 2.45) is 5.92 Å². The standard InChI is InChI=1S/C25H23F3N4O5S3/c1-31(40(35,36)20-8-4-10-38-20)19-7-2-5-15-11-18(30-21(15)19)22-29-12-17(39-22)14-32-9-3-6-16(13-32)23(33)37-24(34)25(26,27)28/h2,4-5,7-8,10-12,16,30H,3,6,9,13-14H2,1H3. The number of nitrogens with zero attached hydrogens (tertiary/aromatic N) is 3. The molecule has 212 valence electrons. The minimum atomic E-state index is -5.22. The maximum absolute atomic E-state index is 13.1. The summed E-state index contributed by atoms with van der Waals surface area (Å²) in [5.41, 5.74) is 1.83. The highest BCUT2D eigenvalue weighted by Gasteiger charge is 2.43. The zero-order valence-corrected chi connectivity index (χ0v) is 23.4. The van der Waals surface area contributed by atoms with Gasteiger partial charge in [-0.2, -0.15) is 13.2 Å². The number of aromatic nitrogens is 2. The second-order valence-corrected chi connectivity index (χ2v) is 13.5. The summed E-state index contributed by atoms with van der Waals surface area (Å²) in [6.07, 6.45) is -2.63. The first-order valence-electron chi connectivity index (χ1n) is 12.1. The third kappa shape index (κ3) is 5.77. The van der Waals surface area contributed by atoms with Gasteiger partial charge in [0.1, 0.15) is 9.22 Å². The number of halogens is 3. The maximum Gasteiger partial charge on any atom is 0.491 e. The number of fused-ring (bicyclic) bond motifs is 1. The average molecular weight is 613 g/mol. The van der Waals surface area contributed by atoms with Crippen molar-refractivity contribution in [1.82, 2.24) is 14.9 Å². The molecule has 0 saturated carbocycles. The quantitative estimate of drug-likeness (QED) is 0.230. The lowest BCUT2D eigenvalue weighted by Crippen LogP contribution is -2.40. The van der Waals surface area contributed by atoms with E-state index in [0.29, 0.717) is 47.8 Å². The van der Waals surface area contributed by atoms with Crippen molar-refractivity contribution in [2.45, 2.75) is 29.8 Å². The first-order chi connectivity index (χ1) is 18.9. The second-order valence-electron chi connectivity index (χ2n) is 9.24. The summed E-state index contributed by atoms with van der Waals surface area (Å²) < 4.78 is 69.0. The number of benzene rings is 1. The summed E-state index contributed by atoms with van der Waals surface area (Å²) in [7, 11) is -2.22. The zero-order valence-electron chi connectivity index (χ0n) is 21.0. The molecule has 0 aliphatic carbocycles. The Morgan fingerprint density at radius 1 is 1.25 bits per heavy atom. The highest BCUT2D eigenvalue weighted by atomic mass is 32.2. The van der Waals surface area contributed by atoms with Gasteiger partial charge in [-0.3, -0.25) is 14.0 Å². The maximum atomic E-state index is 13.1. The molecule has 40 heavy (non-hydrogen) atoms. The number of piperidine rings is 1. The van der Waals surface area contributed by atoms with Gasteiger partial charge in [0.15, 0.2) is 0 Å². The van der Waals surface area contributed by atoms with E-state index >= 15 is 0 Å². The molecule has 1 aliphatic rings. The number of likely N-dealkylation sites (tertiary alicyclic amines) is 1. The van der Waals surface area contributed by atoms with Crippen LogP contribution in [0.15, 0.2) is 52.2 Å². The average Bonchev–Trinajstić information content (AvgIpc) is 3.68. The molecule has 1 aromatic carbocycles. The Balaban J connectivity index is 1.30. The van der Waals surface area contributed by atoms with Crippen molar-refractivity contribution in [3.63, 3.8) is 0 Å². The van der Waals surface area contributed by atoms with Crippen molar-refractivity contribution >= 4 is 61.2 Å². The molecule has 1 N–H and O–H groups in total. The van der Waals surface area contributed by atoms with Gasteiger partial charge in [-0.25, -0.2) is 18.2 Å². The van der Waals surface area contributed by atoms with Gasteiger partial charge < -0.3 is 9.72 Å². The molecule has 0 bridgehead atoms. The first-order valence-corrected chi connectivity index (χ1v) is 15.2. The Morgan fingerprint density at radius 2 is 2.05 bits per heavy atom. The number of H-pyrrole nitrogens is 1. The number of para-hydroxylation sites is 1. The number of thiazole rings is 1. The van der Waals surface area contributed by atoms with Crippen LogP contribution in [0, 0.1) is 5.92 Å². The molecule has 15 heteroatoms. The molecule has 9 nitrogen and oxygen atoms in total. The van der Waals surface area contributed by atoms with Crippen LogP contribution in [0.2, 0.25) is 0 Å². The zero-order chi connectivity index (χ0) is 28.7. The van der Waals surface area contributed by atoms with E-state index in [-0.39, 0.29) is 10.8 Å². The van der Waals surface area contributed by atoms with Crippen LogP contribution in [-0.2, 0) is 30.9 Å². The van der Waals surface area contributed by atoms with Gasteiger partial charge in [-0.15, -0.1) is 22.7 Å². The van der Waals surface area contributed by atoms with Crippen LogP contribution < -0.4 is 4.31 Å². The van der Waals surface area contributed by atoms with Gasteiger partial charge in [0.05, 0.1) is 22.8 Å². The van der Waals surface area contributed by atoms with Crippen LogP contribution in [0.4, 0.5) is 18.9 Å². The summed E-state index contributed by atoms with van der Waals surface area (Å²) in [5.74, 6) is -4.50. The number of hydrogen-bond donors (Lipinski definition) is 1.